The smallest absolute Gasteiger partial charge is 0.136 e. The molecule has 0 aromatic carbocycles. The third-order valence-electron chi connectivity index (χ3n) is 5.11. The SMILES string of the molecule is COCc1cc(N2CC(C)(C)OC3(CCCC3)C2)nc(C(C)(C)C)n1. The minimum atomic E-state index is -0.170. The Morgan fingerprint density at radius 1 is 1.16 bits per heavy atom. The zero-order chi connectivity index (χ0) is 18.3. The lowest BCUT2D eigenvalue weighted by atomic mass is 9.93. The third-order valence-corrected chi connectivity index (χ3v) is 5.11. The van der Waals surface area contributed by atoms with E-state index < -0.39 is 0 Å². The van der Waals surface area contributed by atoms with Crippen molar-refractivity contribution in [2.45, 2.75) is 83.5 Å². The highest BCUT2D eigenvalue weighted by atomic mass is 16.5. The Morgan fingerprint density at radius 3 is 2.44 bits per heavy atom. The molecule has 0 unspecified atom stereocenters. The Balaban J connectivity index is 1.97. The van der Waals surface area contributed by atoms with Crippen LogP contribution in [0.25, 0.3) is 0 Å². The normalized spacial score (nSPS) is 22.6. The van der Waals surface area contributed by atoms with Crippen LogP contribution >= 0.6 is 0 Å². The Hall–Kier alpha value is -1.20. The summed E-state index contributed by atoms with van der Waals surface area (Å²) in [5, 5.41) is 0. The second kappa shape index (κ2) is 6.51. The van der Waals surface area contributed by atoms with Gasteiger partial charge in [-0.05, 0) is 26.7 Å². The maximum Gasteiger partial charge on any atom is 0.136 e. The molecular formula is C20H33N3O2. The Bertz CT molecular complexity index is 616. The molecule has 25 heavy (non-hydrogen) atoms. The summed E-state index contributed by atoms with van der Waals surface area (Å²) >= 11 is 0. The van der Waals surface area contributed by atoms with Gasteiger partial charge in [-0.1, -0.05) is 33.6 Å². The van der Waals surface area contributed by atoms with Gasteiger partial charge in [0.2, 0.25) is 0 Å². The zero-order valence-corrected chi connectivity index (χ0v) is 16.7. The van der Waals surface area contributed by atoms with Gasteiger partial charge in [-0.25, -0.2) is 9.97 Å². The lowest BCUT2D eigenvalue weighted by Gasteiger charge is -2.49. The van der Waals surface area contributed by atoms with Gasteiger partial charge in [0.15, 0.2) is 0 Å². The number of hydrogen-bond acceptors (Lipinski definition) is 5. The Labute approximate surface area is 152 Å². The molecule has 5 heteroatoms. The average Bonchev–Trinajstić information content (AvgIpc) is 2.92. The molecule has 0 radical (unpaired) electrons. The molecule has 0 amide bonds. The molecule has 3 rings (SSSR count). The van der Waals surface area contributed by atoms with Crippen molar-refractivity contribution in [2.24, 2.45) is 0 Å². The predicted molar refractivity (Wildman–Crippen MR) is 100 cm³/mol. The molecule has 1 spiro atoms. The molecule has 1 aliphatic heterocycles. The second-order valence-electron chi connectivity index (χ2n) is 9.33. The van der Waals surface area contributed by atoms with Crippen molar-refractivity contribution in [3.05, 3.63) is 17.6 Å². The molecular weight excluding hydrogens is 314 g/mol. The molecule has 2 aliphatic rings. The molecule has 1 aromatic rings. The van der Waals surface area contributed by atoms with Gasteiger partial charge in [0, 0.05) is 31.7 Å². The number of anilines is 1. The highest BCUT2D eigenvalue weighted by Gasteiger charge is 2.46. The predicted octanol–water partition coefficient (Wildman–Crippen LogP) is 3.85. The molecule has 1 aromatic heterocycles. The van der Waals surface area contributed by atoms with Crippen LogP contribution in [0.2, 0.25) is 0 Å². The zero-order valence-electron chi connectivity index (χ0n) is 16.7. The molecule has 0 atom stereocenters. The molecule has 5 nitrogen and oxygen atoms in total. The minimum Gasteiger partial charge on any atom is -0.378 e. The first-order valence-corrected chi connectivity index (χ1v) is 9.45. The lowest BCUT2D eigenvalue weighted by molar-refractivity contribution is -0.148. The number of morpholine rings is 1. The topological polar surface area (TPSA) is 47.5 Å². The number of nitrogens with zero attached hydrogens (tertiary/aromatic N) is 3. The van der Waals surface area contributed by atoms with Crippen LogP contribution in [-0.4, -0.2) is 41.4 Å². The van der Waals surface area contributed by atoms with Crippen LogP contribution in [0, 0.1) is 0 Å². The second-order valence-corrected chi connectivity index (χ2v) is 9.33. The maximum absolute atomic E-state index is 6.54. The van der Waals surface area contributed by atoms with Crippen molar-refractivity contribution in [3.63, 3.8) is 0 Å². The number of rotatable bonds is 3. The molecule has 2 heterocycles. The van der Waals surface area contributed by atoms with Gasteiger partial charge in [0.05, 0.1) is 23.5 Å². The van der Waals surface area contributed by atoms with E-state index in [2.05, 4.69) is 45.6 Å². The maximum atomic E-state index is 6.54. The van der Waals surface area contributed by atoms with Gasteiger partial charge in [0.25, 0.3) is 0 Å². The molecule has 1 aliphatic carbocycles. The van der Waals surface area contributed by atoms with E-state index in [9.17, 15) is 0 Å². The quantitative estimate of drug-likeness (QED) is 0.831. The largest absolute Gasteiger partial charge is 0.378 e. The van der Waals surface area contributed by atoms with Crippen molar-refractivity contribution >= 4 is 5.82 Å². The van der Waals surface area contributed by atoms with E-state index in [-0.39, 0.29) is 16.6 Å². The van der Waals surface area contributed by atoms with Gasteiger partial charge in [-0.2, -0.15) is 0 Å². The fourth-order valence-corrected chi connectivity index (χ4v) is 4.16. The first kappa shape index (κ1) is 18.6. The van der Waals surface area contributed by atoms with E-state index in [0.29, 0.717) is 6.61 Å². The summed E-state index contributed by atoms with van der Waals surface area (Å²) in [4.78, 5) is 12.1. The molecule has 0 N–H and O–H groups in total. The van der Waals surface area contributed by atoms with Crippen LogP contribution < -0.4 is 4.90 Å². The van der Waals surface area contributed by atoms with Crippen molar-refractivity contribution < 1.29 is 9.47 Å². The van der Waals surface area contributed by atoms with Crippen molar-refractivity contribution in [2.75, 3.05) is 25.1 Å². The Kier molecular flexibility index (Phi) is 4.84. The van der Waals surface area contributed by atoms with E-state index in [0.717, 1.165) is 43.3 Å². The van der Waals surface area contributed by atoms with E-state index in [1.54, 1.807) is 7.11 Å². The van der Waals surface area contributed by atoms with E-state index in [4.69, 9.17) is 19.4 Å². The molecule has 140 valence electrons. The standard InChI is InChI=1S/C20H33N3O2/c1-18(2,3)17-21-15(12-24-6)11-16(22-17)23-13-19(4,5)25-20(14-23)9-7-8-10-20/h11H,7-10,12-14H2,1-6H3. The summed E-state index contributed by atoms with van der Waals surface area (Å²) in [6, 6.07) is 2.09. The fourth-order valence-electron chi connectivity index (χ4n) is 4.16. The van der Waals surface area contributed by atoms with Crippen molar-refractivity contribution in [1.82, 2.24) is 9.97 Å². The molecule has 0 bridgehead atoms. The van der Waals surface area contributed by atoms with Gasteiger partial charge in [-0.3, -0.25) is 0 Å². The van der Waals surface area contributed by atoms with Crippen LogP contribution in [0.3, 0.4) is 0 Å². The van der Waals surface area contributed by atoms with Crippen molar-refractivity contribution in [3.8, 4) is 0 Å². The highest BCUT2D eigenvalue weighted by molar-refractivity contribution is 5.43. The molecule has 1 saturated heterocycles. The number of hydrogen-bond donors (Lipinski definition) is 0. The molecule has 1 saturated carbocycles. The summed E-state index contributed by atoms with van der Waals surface area (Å²) in [6.45, 7) is 13.1. The third kappa shape index (κ3) is 4.14. The summed E-state index contributed by atoms with van der Waals surface area (Å²) < 4.78 is 11.9. The lowest BCUT2D eigenvalue weighted by Crippen LogP contribution is -2.59. The molecule has 2 fully saturated rings. The van der Waals surface area contributed by atoms with Crippen molar-refractivity contribution in [1.29, 1.82) is 0 Å². The average molecular weight is 348 g/mol. The van der Waals surface area contributed by atoms with Gasteiger partial charge < -0.3 is 14.4 Å². The Morgan fingerprint density at radius 2 is 1.84 bits per heavy atom. The summed E-state index contributed by atoms with van der Waals surface area (Å²) in [5.41, 5.74) is 0.667. The summed E-state index contributed by atoms with van der Waals surface area (Å²) in [5.74, 6) is 1.89. The van der Waals surface area contributed by atoms with Crippen LogP contribution in [-0.2, 0) is 21.5 Å². The van der Waals surface area contributed by atoms with Crippen LogP contribution in [0.1, 0.15) is 71.8 Å². The number of ether oxygens (including phenoxy) is 2. The van der Waals surface area contributed by atoms with E-state index in [1.807, 2.05) is 0 Å². The minimum absolute atomic E-state index is 0.0178. The first-order valence-electron chi connectivity index (χ1n) is 9.45. The summed E-state index contributed by atoms with van der Waals surface area (Å²) in [7, 11) is 1.71. The van der Waals surface area contributed by atoms with Gasteiger partial charge in [-0.15, -0.1) is 0 Å². The van der Waals surface area contributed by atoms with E-state index in [1.165, 1.54) is 12.8 Å². The van der Waals surface area contributed by atoms with Crippen LogP contribution in [0.15, 0.2) is 6.07 Å². The fraction of sp³-hybridized carbons (Fsp3) is 0.800. The first-order chi connectivity index (χ1) is 11.6. The van der Waals surface area contributed by atoms with Crippen LogP contribution in [0.4, 0.5) is 5.82 Å². The monoisotopic (exact) mass is 347 g/mol. The van der Waals surface area contributed by atoms with Gasteiger partial charge in [0.1, 0.15) is 11.6 Å². The van der Waals surface area contributed by atoms with E-state index >= 15 is 0 Å². The highest BCUT2D eigenvalue weighted by Crippen LogP contribution is 2.41. The summed E-state index contributed by atoms with van der Waals surface area (Å²) in [6.07, 6.45) is 4.82. The van der Waals surface area contributed by atoms with Gasteiger partial charge >= 0.3 is 0 Å². The number of aromatic nitrogens is 2. The van der Waals surface area contributed by atoms with Crippen LogP contribution in [0.5, 0.6) is 0 Å². The number of methoxy groups -OCH3 is 1.